The number of Topliss-reactive ketones (excluding diaryl/α,β-unsaturated/α-hetero) is 1. The van der Waals surface area contributed by atoms with Crippen LogP contribution in [0.1, 0.15) is 42.1 Å². The van der Waals surface area contributed by atoms with E-state index in [1.54, 1.807) is 45.9 Å². The number of carboxylic acid groups (broad SMARTS) is 3. The SMILES string of the molecule is C[C@@H](NC(=O)c1ccc(CCC(=O)CN2CCN(CC(=O)O)CCN(CC(=O)O)CCN(CC(=O)O)CC2)cc1)C(=O)N1CCC[C@H]1B(O)O.[Tb]. The number of amides is 2. The van der Waals surface area contributed by atoms with Crippen molar-refractivity contribution in [2.24, 2.45) is 0 Å². The first kappa shape index (κ1) is 44.5. The molecule has 0 aromatic heterocycles. The average molecular weight is 864 g/mol. The number of benzene rings is 1. The molecule has 1 radical (unpaired) electrons. The van der Waals surface area contributed by atoms with Crippen LogP contribution in [0.4, 0.5) is 0 Å². The Morgan fingerprint density at radius 2 is 1.16 bits per heavy atom. The zero-order valence-electron chi connectivity index (χ0n) is 28.8. The Balaban J connectivity index is 0.00000901. The molecule has 19 heteroatoms. The van der Waals surface area contributed by atoms with Crippen LogP contribution in [0.2, 0.25) is 0 Å². The van der Waals surface area contributed by atoms with Crippen LogP contribution in [-0.4, -0.2) is 190 Å². The van der Waals surface area contributed by atoms with E-state index in [1.807, 2.05) is 4.90 Å². The topological polar surface area (TPSA) is 232 Å². The molecular weight excluding hydrogens is 814 g/mol. The first-order chi connectivity index (χ1) is 23.7. The molecule has 2 aliphatic heterocycles. The molecule has 2 atom stereocenters. The van der Waals surface area contributed by atoms with Crippen LogP contribution in [0.3, 0.4) is 0 Å². The van der Waals surface area contributed by atoms with Crippen molar-refractivity contribution in [3.05, 3.63) is 35.4 Å². The van der Waals surface area contributed by atoms with Gasteiger partial charge >= 0.3 is 25.0 Å². The normalized spacial score (nSPS) is 19.2. The monoisotopic (exact) mass is 863 g/mol. The van der Waals surface area contributed by atoms with Gasteiger partial charge in [0.1, 0.15) is 11.8 Å². The van der Waals surface area contributed by atoms with E-state index < -0.39 is 48.8 Å². The number of hydrogen-bond donors (Lipinski definition) is 6. The van der Waals surface area contributed by atoms with Crippen molar-refractivity contribution in [2.45, 2.75) is 44.6 Å². The van der Waals surface area contributed by atoms with Gasteiger partial charge in [0, 0.05) is 109 Å². The molecule has 17 nitrogen and oxygen atoms in total. The summed E-state index contributed by atoms with van der Waals surface area (Å²) in [7, 11) is -1.65. The number of rotatable bonds is 15. The largest absolute Gasteiger partial charge is 0.480 e. The van der Waals surface area contributed by atoms with Gasteiger partial charge in [0.15, 0.2) is 0 Å². The molecule has 51 heavy (non-hydrogen) atoms. The molecule has 2 aliphatic rings. The number of ketones is 1. The van der Waals surface area contributed by atoms with E-state index in [0.29, 0.717) is 57.5 Å². The van der Waals surface area contributed by atoms with Gasteiger partial charge in [0.25, 0.3) is 5.91 Å². The number of aryl methyl sites for hydroxylation is 1. The Kier molecular flexibility index (Phi) is 19.6. The zero-order chi connectivity index (χ0) is 36.8. The first-order valence-electron chi connectivity index (χ1n) is 16.8. The summed E-state index contributed by atoms with van der Waals surface area (Å²) >= 11 is 0. The molecule has 285 valence electrons. The summed E-state index contributed by atoms with van der Waals surface area (Å²) in [5, 5.41) is 49.9. The number of carbonyl (C=O) groups is 6. The average Bonchev–Trinajstić information content (AvgIpc) is 3.55. The summed E-state index contributed by atoms with van der Waals surface area (Å²) < 4.78 is 0. The van der Waals surface area contributed by atoms with E-state index in [-0.39, 0.29) is 103 Å². The first-order valence-corrected chi connectivity index (χ1v) is 16.8. The van der Waals surface area contributed by atoms with E-state index in [1.165, 1.54) is 4.90 Å². The predicted molar refractivity (Wildman–Crippen MR) is 180 cm³/mol. The molecule has 0 bridgehead atoms. The molecule has 2 fully saturated rings. The van der Waals surface area contributed by atoms with Crippen molar-refractivity contribution < 1.29 is 92.7 Å². The maximum absolute atomic E-state index is 13.1. The van der Waals surface area contributed by atoms with Gasteiger partial charge in [-0.1, -0.05) is 12.1 Å². The van der Waals surface area contributed by atoms with Gasteiger partial charge in [-0.2, -0.15) is 0 Å². The quantitative estimate of drug-likeness (QED) is 0.103. The minimum Gasteiger partial charge on any atom is -0.480 e. The Hall–Kier alpha value is -2.65. The number of likely N-dealkylation sites (tertiary alicyclic amines) is 1. The van der Waals surface area contributed by atoms with E-state index in [0.717, 1.165) is 5.56 Å². The van der Waals surface area contributed by atoms with Gasteiger partial charge < -0.3 is 35.6 Å². The Morgan fingerprint density at radius 1 is 0.725 bits per heavy atom. The second kappa shape index (κ2) is 22.4. The maximum atomic E-state index is 13.1. The Bertz CT molecular complexity index is 1310. The predicted octanol–water partition coefficient (Wildman–Crippen LogP) is -2.21. The standard InChI is InChI=1S/C32H49BN6O11.Tb/c1-23(32(48)39-10-2-3-27(39)33(49)50)34-31(47)25-7-4-24(5-8-25)6-9-26(40)19-35-11-13-36(20-28(41)42)15-17-38(22-30(45)46)18-16-37(14-12-35)21-29(43)44;/h4-5,7-8,23,27,49-50H,2-3,6,9-22H2,1H3,(H,34,47)(H,41,42)(H,43,44)(H,45,46);/t23-,27+;/m1./s1. The summed E-state index contributed by atoms with van der Waals surface area (Å²) in [6.07, 6.45) is 1.71. The summed E-state index contributed by atoms with van der Waals surface area (Å²) in [4.78, 5) is 81.4. The smallest absolute Gasteiger partial charge is 0.475 e. The fraction of sp³-hybridized carbons (Fsp3) is 0.625. The molecule has 2 saturated heterocycles. The fourth-order valence-electron chi connectivity index (χ4n) is 6.19. The maximum Gasteiger partial charge on any atom is 0.475 e. The van der Waals surface area contributed by atoms with Crippen LogP contribution in [-0.2, 0) is 30.4 Å². The van der Waals surface area contributed by atoms with E-state index >= 15 is 0 Å². The summed E-state index contributed by atoms with van der Waals surface area (Å²) in [6.45, 7) is 3.73. The molecule has 0 spiro atoms. The molecule has 2 amide bonds. The molecule has 2 heterocycles. The van der Waals surface area contributed by atoms with Gasteiger partial charge in [-0.05, 0) is 43.9 Å². The van der Waals surface area contributed by atoms with Gasteiger partial charge in [-0.3, -0.25) is 48.4 Å². The number of carbonyl (C=O) groups excluding carboxylic acids is 3. The zero-order valence-corrected chi connectivity index (χ0v) is 31.0. The molecule has 1 aromatic carbocycles. The van der Waals surface area contributed by atoms with Crippen molar-refractivity contribution in [1.82, 2.24) is 29.8 Å². The van der Waals surface area contributed by atoms with Crippen molar-refractivity contribution >= 4 is 42.6 Å². The molecule has 1 aromatic rings. The van der Waals surface area contributed by atoms with Crippen LogP contribution in [0.25, 0.3) is 0 Å². The van der Waals surface area contributed by atoms with E-state index in [2.05, 4.69) is 5.32 Å². The minimum atomic E-state index is -1.65. The van der Waals surface area contributed by atoms with Crippen LogP contribution in [0.15, 0.2) is 24.3 Å². The summed E-state index contributed by atoms with van der Waals surface area (Å²) in [5.41, 5.74) is 1.14. The third-order valence-electron chi connectivity index (χ3n) is 8.96. The number of carboxylic acids is 3. The molecule has 0 unspecified atom stereocenters. The summed E-state index contributed by atoms with van der Waals surface area (Å²) in [5.74, 6) is -4.71. The van der Waals surface area contributed by atoms with Crippen molar-refractivity contribution in [2.75, 3.05) is 85.1 Å². The van der Waals surface area contributed by atoms with Crippen LogP contribution in [0.5, 0.6) is 0 Å². The Morgan fingerprint density at radius 3 is 1.57 bits per heavy atom. The molecular formula is C32H49BN6O11Tb. The number of nitrogens with zero attached hydrogens (tertiary/aromatic N) is 5. The number of aliphatic carboxylic acids is 3. The number of nitrogens with one attached hydrogen (secondary N) is 1. The number of hydrogen-bond acceptors (Lipinski definition) is 12. The third kappa shape index (κ3) is 15.9. The fourth-order valence-corrected chi connectivity index (χ4v) is 6.19. The minimum absolute atomic E-state index is 0. The van der Waals surface area contributed by atoms with E-state index in [9.17, 15) is 54.1 Å². The third-order valence-corrected chi connectivity index (χ3v) is 8.96. The van der Waals surface area contributed by atoms with Crippen LogP contribution < -0.4 is 5.32 Å². The molecule has 0 saturated carbocycles. The van der Waals surface area contributed by atoms with Crippen LogP contribution >= 0.6 is 0 Å². The molecule has 3 rings (SSSR count). The van der Waals surface area contributed by atoms with Gasteiger partial charge in [0.05, 0.1) is 32.1 Å². The van der Waals surface area contributed by atoms with Crippen molar-refractivity contribution in [3.63, 3.8) is 0 Å². The van der Waals surface area contributed by atoms with Crippen molar-refractivity contribution in [1.29, 1.82) is 0 Å². The molecule has 0 aliphatic carbocycles. The van der Waals surface area contributed by atoms with Crippen molar-refractivity contribution in [3.8, 4) is 0 Å². The summed E-state index contributed by atoms with van der Waals surface area (Å²) in [6, 6.07) is 5.79. The van der Waals surface area contributed by atoms with Gasteiger partial charge in [0.2, 0.25) is 5.91 Å². The van der Waals surface area contributed by atoms with E-state index in [4.69, 9.17) is 0 Å². The van der Waals surface area contributed by atoms with Gasteiger partial charge in [-0.15, -0.1) is 0 Å². The molecule has 6 N–H and O–H groups in total. The van der Waals surface area contributed by atoms with Gasteiger partial charge in [-0.25, -0.2) is 0 Å². The second-order valence-corrected chi connectivity index (χ2v) is 12.9. The Labute approximate surface area is 328 Å². The van der Waals surface area contributed by atoms with Crippen LogP contribution in [0, 0.1) is 38.6 Å². The second-order valence-electron chi connectivity index (χ2n) is 12.9.